The van der Waals surface area contributed by atoms with Crippen LogP contribution in [0.2, 0.25) is 5.02 Å². The second kappa shape index (κ2) is 9.16. The van der Waals surface area contributed by atoms with E-state index < -0.39 is 0 Å². The summed E-state index contributed by atoms with van der Waals surface area (Å²) in [6.07, 6.45) is 1.09. The van der Waals surface area contributed by atoms with Gasteiger partial charge in [-0.3, -0.25) is 0 Å². The molecule has 120 valence electrons. The van der Waals surface area contributed by atoms with Gasteiger partial charge in [0.1, 0.15) is 0 Å². The van der Waals surface area contributed by atoms with Crippen molar-refractivity contribution < 1.29 is 9.47 Å². The Hall–Kier alpha value is -0.930. The molecule has 1 N–H and O–H groups in total. The first kappa shape index (κ1) is 18.1. The monoisotopic (exact) mass is 313 g/mol. The Morgan fingerprint density at radius 1 is 1.05 bits per heavy atom. The number of halogens is 1. The molecule has 0 fully saturated rings. The van der Waals surface area contributed by atoms with Gasteiger partial charge in [0, 0.05) is 17.1 Å². The van der Waals surface area contributed by atoms with Gasteiger partial charge < -0.3 is 14.8 Å². The van der Waals surface area contributed by atoms with Crippen molar-refractivity contribution in [3.05, 3.63) is 22.7 Å². The van der Waals surface area contributed by atoms with Crippen LogP contribution in [0.1, 0.15) is 52.6 Å². The molecule has 4 heteroatoms. The zero-order valence-corrected chi connectivity index (χ0v) is 14.6. The zero-order chi connectivity index (χ0) is 15.8. The highest BCUT2D eigenvalue weighted by Gasteiger charge is 2.22. The summed E-state index contributed by atoms with van der Waals surface area (Å²) in [5.74, 6) is 1.98. The molecule has 1 aromatic carbocycles. The van der Waals surface area contributed by atoms with Crippen LogP contribution < -0.4 is 14.8 Å². The smallest absolute Gasteiger partial charge is 0.162 e. The highest BCUT2D eigenvalue weighted by molar-refractivity contribution is 6.31. The van der Waals surface area contributed by atoms with Gasteiger partial charge in [0.25, 0.3) is 0 Å². The molecule has 3 nitrogen and oxygen atoms in total. The Morgan fingerprint density at radius 3 is 2.10 bits per heavy atom. The normalized spacial score (nSPS) is 13.8. The summed E-state index contributed by atoms with van der Waals surface area (Å²) < 4.78 is 11.3. The van der Waals surface area contributed by atoms with E-state index in [1.54, 1.807) is 0 Å². The molecule has 1 aromatic rings. The number of benzene rings is 1. The fourth-order valence-corrected chi connectivity index (χ4v) is 2.67. The lowest BCUT2D eigenvalue weighted by atomic mass is 9.92. The summed E-state index contributed by atoms with van der Waals surface area (Å²) in [5, 5.41) is 4.26. The number of rotatable bonds is 9. The molecule has 0 amide bonds. The molecule has 0 saturated heterocycles. The highest BCUT2D eigenvalue weighted by Crippen LogP contribution is 2.38. The molecular formula is C17H28ClNO2. The van der Waals surface area contributed by atoms with E-state index >= 15 is 0 Å². The van der Waals surface area contributed by atoms with E-state index in [0.717, 1.165) is 29.3 Å². The Labute approximate surface area is 134 Å². The second-order valence-electron chi connectivity index (χ2n) is 5.11. The first-order valence-electron chi connectivity index (χ1n) is 7.91. The van der Waals surface area contributed by atoms with Gasteiger partial charge in [0.05, 0.1) is 13.2 Å². The molecule has 2 atom stereocenters. The Balaban J connectivity index is 3.23. The minimum Gasteiger partial charge on any atom is -0.490 e. The molecule has 2 unspecified atom stereocenters. The minimum absolute atomic E-state index is 0.224. The van der Waals surface area contributed by atoms with Crippen molar-refractivity contribution in [3.63, 3.8) is 0 Å². The quantitative estimate of drug-likeness (QED) is 0.708. The molecule has 0 aliphatic rings. The average molecular weight is 314 g/mol. The number of nitrogens with one attached hydrogen (secondary N) is 1. The first-order chi connectivity index (χ1) is 10.1. The zero-order valence-electron chi connectivity index (χ0n) is 13.8. The summed E-state index contributed by atoms with van der Waals surface area (Å²) in [5.41, 5.74) is 1.08. The topological polar surface area (TPSA) is 30.5 Å². The molecule has 0 aliphatic carbocycles. The van der Waals surface area contributed by atoms with E-state index in [2.05, 4.69) is 26.1 Å². The number of ether oxygens (including phenoxy) is 2. The fraction of sp³-hybridized carbons (Fsp3) is 0.647. The Bertz CT molecular complexity index is 437. The number of hydrogen-bond acceptors (Lipinski definition) is 3. The van der Waals surface area contributed by atoms with Gasteiger partial charge in [0.15, 0.2) is 11.5 Å². The second-order valence-corrected chi connectivity index (χ2v) is 5.51. The molecule has 0 bridgehead atoms. The third-order valence-corrected chi connectivity index (χ3v) is 3.96. The molecular weight excluding hydrogens is 286 g/mol. The van der Waals surface area contributed by atoms with Crippen LogP contribution in [0, 0.1) is 5.92 Å². The van der Waals surface area contributed by atoms with Gasteiger partial charge in [0.2, 0.25) is 0 Å². The predicted molar refractivity (Wildman–Crippen MR) is 89.7 cm³/mol. The highest BCUT2D eigenvalue weighted by atomic mass is 35.5. The third kappa shape index (κ3) is 4.79. The van der Waals surface area contributed by atoms with Crippen LogP contribution in [-0.4, -0.2) is 19.8 Å². The van der Waals surface area contributed by atoms with Crippen LogP contribution in [0.4, 0.5) is 0 Å². The molecule has 0 aliphatic heterocycles. The minimum atomic E-state index is 0.224. The maximum Gasteiger partial charge on any atom is 0.162 e. The van der Waals surface area contributed by atoms with Crippen molar-refractivity contribution in [2.75, 3.05) is 19.8 Å². The first-order valence-corrected chi connectivity index (χ1v) is 8.29. The van der Waals surface area contributed by atoms with E-state index in [-0.39, 0.29) is 6.04 Å². The van der Waals surface area contributed by atoms with Gasteiger partial charge in [-0.25, -0.2) is 0 Å². The van der Waals surface area contributed by atoms with Gasteiger partial charge in [-0.05, 0) is 37.9 Å². The van der Waals surface area contributed by atoms with Crippen molar-refractivity contribution in [1.82, 2.24) is 5.32 Å². The van der Waals surface area contributed by atoms with E-state index in [0.29, 0.717) is 24.9 Å². The lowest BCUT2D eigenvalue weighted by molar-refractivity contribution is 0.286. The maximum atomic E-state index is 6.49. The van der Waals surface area contributed by atoms with Crippen LogP contribution in [0.15, 0.2) is 12.1 Å². The van der Waals surface area contributed by atoms with Crippen molar-refractivity contribution in [1.29, 1.82) is 0 Å². The SMILES string of the molecule is CCNC(c1cc(OCC)c(OCC)cc1Cl)C(C)CC. The molecule has 21 heavy (non-hydrogen) atoms. The summed E-state index contributed by atoms with van der Waals surface area (Å²) in [7, 11) is 0. The van der Waals surface area contributed by atoms with E-state index in [4.69, 9.17) is 21.1 Å². The average Bonchev–Trinajstić information content (AvgIpc) is 2.47. The molecule has 0 aromatic heterocycles. The lowest BCUT2D eigenvalue weighted by Crippen LogP contribution is -2.27. The Kier molecular flexibility index (Phi) is 7.91. The fourth-order valence-electron chi connectivity index (χ4n) is 2.40. The molecule has 1 rings (SSSR count). The Morgan fingerprint density at radius 2 is 1.62 bits per heavy atom. The van der Waals surface area contributed by atoms with Crippen molar-refractivity contribution in [3.8, 4) is 11.5 Å². The predicted octanol–water partition coefficient (Wildman–Crippen LogP) is 4.83. The van der Waals surface area contributed by atoms with E-state index in [1.165, 1.54) is 0 Å². The van der Waals surface area contributed by atoms with Gasteiger partial charge >= 0.3 is 0 Å². The van der Waals surface area contributed by atoms with Crippen molar-refractivity contribution in [2.24, 2.45) is 5.92 Å². The largest absolute Gasteiger partial charge is 0.490 e. The molecule has 0 saturated carbocycles. The van der Waals surface area contributed by atoms with E-state index in [1.807, 2.05) is 26.0 Å². The standard InChI is InChI=1S/C17H28ClNO2/c1-6-12(5)17(19-7-2)13-10-15(20-8-3)16(21-9-4)11-14(13)18/h10-12,17,19H,6-9H2,1-5H3. The lowest BCUT2D eigenvalue weighted by Gasteiger charge is -2.26. The van der Waals surface area contributed by atoms with E-state index in [9.17, 15) is 0 Å². The molecule has 0 spiro atoms. The summed E-state index contributed by atoms with van der Waals surface area (Å²) in [4.78, 5) is 0. The summed E-state index contributed by atoms with van der Waals surface area (Å²) in [6.45, 7) is 12.6. The van der Waals surface area contributed by atoms with Crippen LogP contribution in [0.3, 0.4) is 0 Å². The van der Waals surface area contributed by atoms with Crippen molar-refractivity contribution >= 4 is 11.6 Å². The van der Waals surface area contributed by atoms with Crippen LogP contribution in [-0.2, 0) is 0 Å². The van der Waals surface area contributed by atoms with Gasteiger partial charge in [-0.15, -0.1) is 0 Å². The van der Waals surface area contributed by atoms with Crippen LogP contribution in [0.25, 0.3) is 0 Å². The summed E-state index contributed by atoms with van der Waals surface area (Å²) in [6, 6.07) is 4.12. The summed E-state index contributed by atoms with van der Waals surface area (Å²) >= 11 is 6.49. The van der Waals surface area contributed by atoms with Crippen LogP contribution in [0.5, 0.6) is 11.5 Å². The van der Waals surface area contributed by atoms with Crippen LogP contribution >= 0.6 is 11.6 Å². The number of hydrogen-bond donors (Lipinski definition) is 1. The van der Waals surface area contributed by atoms with Crippen molar-refractivity contribution in [2.45, 2.75) is 47.1 Å². The van der Waals surface area contributed by atoms with Gasteiger partial charge in [-0.1, -0.05) is 38.8 Å². The van der Waals surface area contributed by atoms with Gasteiger partial charge in [-0.2, -0.15) is 0 Å². The molecule has 0 heterocycles. The third-order valence-electron chi connectivity index (χ3n) is 3.63. The maximum absolute atomic E-state index is 6.49. The molecule has 0 radical (unpaired) electrons.